The SMILES string of the molecule is NN1CCC(C(F)F)C1. The van der Waals surface area contributed by atoms with Gasteiger partial charge in [-0.15, -0.1) is 0 Å². The first-order valence-electron chi connectivity index (χ1n) is 2.98. The summed E-state index contributed by atoms with van der Waals surface area (Å²) in [5.41, 5.74) is 0. The summed E-state index contributed by atoms with van der Waals surface area (Å²) >= 11 is 0. The number of nitrogens with two attached hydrogens (primary N) is 1. The Morgan fingerprint density at radius 2 is 2.22 bits per heavy atom. The van der Waals surface area contributed by atoms with Crippen molar-refractivity contribution < 1.29 is 8.78 Å². The Bertz CT molecular complexity index is 97.0. The molecule has 0 aliphatic carbocycles. The average molecular weight is 136 g/mol. The van der Waals surface area contributed by atoms with Crippen LogP contribution < -0.4 is 5.84 Å². The lowest BCUT2D eigenvalue weighted by Crippen LogP contribution is -2.29. The highest BCUT2D eigenvalue weighted by molar-refractivity contribution is 4.72. The second-order valence-electron chi connectivity index (χ2n) is 2.38. The fraction of sp³-hybridized carbons (Fsp3) is 1.00. The monoisotopic (exact) mass is 136 g/mol. The van der Waals surface area contributed by atoms with Crippen LogP contribution in [0, 0.1) is 5.92 Å². The molecule has 0 aromatic rings. The van der Waals surface area contributed by atoms with Gasteiger partial charge in [-0.25, -0.2) is 13.8 Å². The third kappa shape index (κ3) is 1.59. The van der Waals surface area contributed by atoms with Crippen LogP contribution in [0.1, 0.15) is 6.42 Å². The van der Waals surface area contributed by atoms with Crippen LogP contribution in [-0.4, -0.2) is 24.5 Å². The molecule has 9 heavy (non-hydrogen) atoms. The van der Waals surface area contributed by atoms with Gasteiger partial charge in [0.25, 0.3) is 0 Å². The molecule has 0 radical (unpaired) electrons. The van der Waals surface area contributed by atoms with E-state index in [0.29, 0.717) is 19.5 Å². The molecule has 4 heteroatoms. The minimum Gasteiger partial charge on any atom is -0.269 e. The Morgan fingerprint density at radius 3 is 2.44 bits per heavy atom. The molecule has 1 atom stereocenters. The van der Waals surface area contributed by atoms with Crippen LogP contribution in [0.15, 0.2) is 0 Å². The van der Waals surface area contributed by atoms with Crippen molar-refractivity contribution in [2.45, 2.75) is 12.8 Å². The Morgan fingerprint density at radius 1 is 1.56 bits per heavy atom. The lowest BCUT2D eigenvalue weighted by Gasteiger charge is -2.07. The van der Waals surface area contributed by atoms with Crippen molar-refractivity contribution >= 4 is 0 Å². The summed E-state index contributed by atoms with van der Waals surface area (Å²) in [6.45, 7) is 0.951. The zero-order valence-corrected chi connectivity index (χ0v) is 5.06. The second-order valence-corrected chi connectivity index (χ2v) is 2.38. The highest BCUT2D eigenvalue weighted by Crippen LogP contribution is 2.19. The number of hydrogen-bond donors (Lipinski definition) is 1. The molecule has 1 heterocycles. The summed E-state index contributed by atoms with van der Waals surface area (Å²) < 4.78 is 23.7. The summed E-state index contributed by atoms with van der Waals surface area (Å²) in [6.07, 6.45) is -1.66. The predicted octanol–water partition coefficient (Wildman–Crippen LogP) is 0.447. The fourth-order valence-corrected chi connectivity index (χ4v) is 1.02. The maximum absolute atomic E-state index is 11.8. The molecule has 1 aliphatic rings. The normalized spacial score (nSPS) is 30.0. The summed E-state index contributed by atoms with van der Waals surface area (Å²) in [4.78, 5) is 0. The lowest BCUT2D eigenvalue weighted by atomic mass is 10.1. The minimum atomic E-state index is -2.20. The van der Waals surface area contributed by atoms with Crippen LogP contribution in [0.5, 0.6) is 0 Å². The molecule has 0 bridgehead atoms. The van der Waals surface area contributed by atoms with Gasteiger partial charge in [0.2, 0.25) is 6.43 Å². The van der Waals surface area contributed by atoms with Crippen molar-refractivity contribution in [3.05, 3.63) is 0 Å². The van der Waals surface area contributed by atoms with E-state index in [4.69, 9.17) is 5.84 Å². The predicted molar refractivity (Wildman–Crippen MR) is 29.9 cm³/mol. The molecule has 1 saturated heterocycles. The Hall–Kier alpha value is -0.220. The largest absolute Gasteiger partial charge is 0.269 e. The van der Waals surface area contributed by atoms with E-state index in [1.165, 1.54) is 5.01 Å². The number of hydrogen-bond acceptors (Lipinski definition) is 2. The van der Waals surface area contributed by atoms with Gasteiger partial charge >= 0.3 is 0 Å². The number of halogens is 2. The van der Waals surface area contributed by atoms with Crippen molar-refractivity contribution in [1.29, 1.82) is 0 Å². The Labute approximate surface area is 52.6 Å². The number of hydrazine groups is 1. The maximum Gasteiger partial charge on any atom is 0.242 e. The van der Waals surface area contributed by atoms with Crippen LogP contribution in [0.2, 0.25) is 0 Å². The Balaban J connectivity index is 2.30. The highest BCUT2D eigenvalue weighted by atomic mass is 19.3. The molecule has 2 N–H and O–H groups in total. The first-order valence-corrected chi connectivity index (χ1v) is 2.98. The molecule has 54 valence electrons. The third-order valence-corrected chi connectivity index (χ3v) is 1.61. The van der Waals surface area contributed by atoms with Crippen molar-refractivity contribution in [2.24, 2.45) is 11.8 Å². The molecular weight excluding hydrogens is 126 g/mol. The van der Waals surface area contributed by atoms with Gasteiger partial charge in [-0.2, -0.15) is 0 Å². The van der Waals surface area contributed by atoms with Crippen molar-refractivity contribution in [1.82, 2.24) is 5.01 Å². The van der Waals surface area contributed by atoms with Gasteiger partial charge in [-0.1, -0.05) is 0 Å². The van der Waals surface area contributed by atoms with Crippen molar-refractivity contribution in [2.75, 3.05) is 13.1 Å². The van der Waals surface area contributed by atoms with E-state index in [0.717, 1.165) is 0 Å². The smallest absolute Gasteiger partial charge is 0.242 e. The van der Waals surface area contributed by atoms with E-state index < -0.39 is 12.3 Å². The van der Waals surface area contributed by atoms with Gasteiger partial charge in [0.1, 0.15) is 0 Å². The van der Waals surface area contributed by atoms with E-state index in [1.807, 2.05) is 0 Å². The van der Waals surface area contributed by atoms with E-state index in [2.05, 4.69) is 0 Å². The standard InChI is InChI=1S/C5H10F2N2/c6-5(7)4-1-2-9(8)3-4/h4-5H,1-3,8H2. The zero-order chi connectivity index (χ0) is 6.85. The van der Waals surface area contributed by atoms with Gasteiger partial charge in [0, 0.05) is 19.0 Å². The summed E-state index contributed by atoms with van der Waals surface area (Å²) in [5.74, 6) is 4.77. The molecule has 0 aromatic carbocycles. The summed E-state index contributed by atoms with van der Waals surface area (Å²) in [7, 11) is 0. The van der Waals surface area contributed by atoms with Gasteiger partial charge in [0.05, 0.1) is 0 Å². The first kappa shape index (κ1) is 6.89. The van der Waals surface area contributed by atoms with E-state index in [9.17, 15) is 8.78 Å². The molecule has 1 rings (SSSR count). The number of nitrogens with zero attached hydrogens (tertiary/aromatic N) is 1. The quantitative estimate of drug-likeness (QED) is 0.530. The van der Waals surface area contributed by atoms with E-state index in [-0.39, 0.29) is 0 Å². The van der Waals surface area contributed by atoms with Crippen LogP contribution in [0.25, 0.3) is 0 Å². The summed E-state index contributed by atoms with van der Waals surface area (Å²) in [5, 5.41) is 1.44. The highest BCUT2D eigenvalue weighted by Gasteiger charge is 2.27. The molecule has 1 fully saturated rings. The molecule has 0 saturated carbocycles. The van der Waals surface area contributed by atoms with Gasteiger partial charge in [-0.3, -0.25) is 5.84 Å². The number of alkyl halides is 2. The first-order chi connectivity index (χ1) is 4.20. The molecule has 0 spiro atoms. The Kier molecular flexibility index (Phi) is 1.97. The van der Waals surface area contributed by atoms with Gasteiger partial charge in [-0.05, 0) is 6.42 Å². The minimum absolute atomic E-state index is 0.345. The van der Waals surface area contributed by atoms with E-state index >= 15 is 0 Å². The van der Waals surface area contributed by atoms with Crippen molar-refractivity contribution in [3.8, 4) is 0 Å². The van der Waals surface area contributed by atoms with Gasteiger partial charge in [0.15, 0.2) is 0 Å². The average Bonchev–Trinajstić information content (AvgIpc) is 2.14. The van der Waals surface area contributed by atoms with E-state index in [1.54, 1.807) is 0 Å². The topological polar surface area (TPSA) is 29.3 Å². The van der Waals surface area contributed by atoms with Crippen LogP contribution in [0.3, 0.4) is 0 Å². The molecule has 1 unspecified atom stereocenters. The molecule has 0 aromatic heterocycles. The number of rotatable bonds is 1. The van der Waals surface area contributed by atoms with Crippen LogP contribution in [-0.2, 0) is 0 Å². The van der Waals surface area contributed by atoms with Crippen LogP contribution >= 0.6 is 0 Å². The molecule has 1 aliphatic heterocycles. The van der Waals surface area contributed by atoms with Crippen LogP contribution in [0.4, 0.5) is 8.78 Å². The van der Waals surface area contributed by atoms with Crippen molar-refractivity contribution in [3.63, 3.8) is 0 Å². The maximum atomic E-state index is 11.8. The summed E-state index contributed by atoms with van der Waals surface area (Å²) in [6, 6.07) is 0. The zero-order valence-electron chi connectivity index (χ0n) is 5.06. The molecule has 0 amide bonds. The lowest BCUT2D eigenvalue weighted by molar-refractivity contribution is 0.0808. The fourth-order valence-electron chi connectivity index (χ4n) is 1.02. The third-order valence-electron chi connectivity index (χ3n) is 1.61. The molecule has 2 nitrogen and oxygen atoms in total. The molecular formula is C5H10F2N2. The van der Waals surface area contributed by atoms with Gasteiger partial charge < -0.3 is 0 Å². The second kappa shape index (κ2) is 2.58.